The van der Waals surface area contributed by atoms with Gasteiger partial charge in [-0.2, -0.15) is 0 Å². The smallest absolute Gasteiger partial charge is 0.353 e. The van der Waals surface area contributed by atoms with Crippen LogP contribution in [0.3, 0.4) is 0 Å². The van der Waals surface area contributed by atoms with Crippen molar-refractivity contribution in [3.8, 4) is 11.5 Å². The van der Waals surface area contributed by atoms with Crippen LogP contribution in [-0.2, 0) is 0 Å². The molecule has 0 saturated heterocycles. The molecule has 1 heterocycles. The van der Waals surface area contributed by atoms with Crippen molar-refractivity contribution in [1.82, 2.24) is 0 Å². The van der Waals surface area contributed by atoms with Gasteiger partial charge in [0, 0.05) is 16.1 Å². The summed E-state index contributed by atoms with van der Waals surface area (Å²) in [4.78, 5) is 7.93. The molecule has 0 aromatic heterocycles. The first-order chi connectivity index (χ1) is 12.3. The van der Waals surface area contributed by atoms with E-state index in [4.69, 9.17) is 27.9 Å². The quantitative estimate of drug-likeness (QED) is 0.155. The van der Waals surface area contributed by atoms with E-state index >= 15 is 0 Å². The van der Waals surface area contributed by atoms with Crippen LogP contribution in [0.1, 0.15) is 23.1 Å². The van der Waals surface area contributed by atoms with Crippen LogP contribution in [0.15, 0.2) is 48.5 Å². The number of fused-ring (bicyclic) bond motifs is 1. The van der Waals surface area contributed by atoms with E-state index in [9.17, 15) is 25.6 Å². The summed E-state index contributed by atoms with van der Waals surface area (Å²) in [5.41, 5.74) is 0.198. The molecule has 0 amide bonds. The molecule has 2 N–H and O–H groups in total. The molecule has 2 aromatic carbocycles. The number of halogens is 2. The molecule has 0 spiro atoms. The largest absolute Gasteiger partial charge is 0.508 e. The third kappa shape index (κ3) is 2.67. The first-order valence-corrected chi connectivity index (χ1v) is 8.09. The first kappa shape index (κ1) is 18.1. The van der Waals surface area contributed by atoms with Gasteiger partial charge in [-0.3, -0.25) is 15.3 Å². The SMILES string of the molecule is O=[N+]([O-])C1(Cl)C(c2ccccc2O)Oc2ccccc2C1/C(Cl)=[N+](/[O-])O. The normalized spacial score (nSPS) is 25.6. The number of ether oxygens (including phenoxy) is 1. The second-order valence-corrected chi connectivity index (χ2v) is 6.60. The lowest BCUT2D eigenvalue weighted by molar-refractivity contribution is -0.726. The molecule has 10 heteroatoms. The van der Waals surface area contributed by atoms with Crippen molar-refractivity contribution in [1.29, 1.82) is 0 Å². The van der Waals surface area contributed by atoms with Crippen LogP contribution in [-0.4, -0.2) is 30.3 Å². The Morgan fingerprint density at radius 1 is 1.12 bits per heavy atom. The molecule has 8 nitrogen and oxygen atoms in total. The number of phenols is 1. The molecule has 0 aliphatic carbocycles. The Morgan fingerprint density at radius 2 is 1.69 bits per heavy atom. The van der Waals surface area contributed by atoms with E-state index in [1.807, 2.05) is 0 Å². The molecule has 0 radical (unpaired) electrons. The van der Waals surface area contributed by atoms with E-state index in [1.165, 1.54) is 30.3 Å². The molecular weight excluding hydrogens is 387 g/mol. The lowest BCUT2D eigenvalue weighted by Gasteiger charge is -2.37. The molecule has 1 aliphatic heterocycles. The van der Waals surface area contributed by atoms with Gasteiger partial charge in [-0.1, -0.05) is 36.4 Å². The Bertz CT molecular complexity index is 902. The monoisotopic (exact) mass is 398 g/mol. The highest BCUT2D eigenvalue weighted by molar-refractivity contribution is 6.65. The Kier molecular flexibility index (Phi) is 4.55. The van der Waals surface area contributed by atoms with Crippen LogP contribution in [0.2, 0.25) is 0 Å². The standard InChI is InChI=1S/C16H12Cl2N2O6/c17-15(19(22)23)13-10-6-2-4-8-12(10)26-14(16(13,18)20(24)25)9-5-1-3-7-11(9)21/h1-8,13-14,21H,(H,22,23). The van der Waals surface area contributed by atoms with Gasteiger partial charge < -0.3 is 15.1 Å². The molecule has 3 atom stereocenters. The molecule has 3 unspecified atom stereocenters. The number of rotatable bonds is 3. The molecule has 3 rings (SSSR count). The van der Waals surface area contributed by atoms with Gasteiger partial charge in [0.05, 0.1) is 4.90 Å². The summed E-state index contributed by atoms with van der Waals surface area (Å²) in [5, 5.41) is 42.0. The van der Waals surface area contributed by atoms with E-state index in [1.54, 1.807) is 18.2 Å². The highest BCUT2D eigenvalue weighted by Gasteiger charge is 2.66. The van der Waals surface area contributed by atoms with Gasteiger partial charge >= 0.3 is 10.2 Å². The zero-order chi connectivity index (χ0) is 19.1. The van der Waals surface area contributed by atoms with Crippen molar-refractivity contribution >= 4 is 28.4 Å². The summed E-state index contributed by atoms with van der Waals surface area (Å²) in [6.07, 6.45) is -1.49. The van der Waals surface area contributed by atoms with E-state index in [-0.39, 0.29) is 22.6 Å². The van der Waals surface area contributed by atoms with Crippen LogP contribution in [0.5, 0.6) is 11.5 Å². The maximum Gasteiger partial charge on any atom is 0.353 e. The first-order valence-electron chi connectivity index (χ1n) is 7.33. The van der Waals surface area contributed by atoms with Gasteiger partial charge in [-0.05, 0) is 35.3 Å². The molecular formula is C16H12Cl2N2O6. The van der Waals surface area contributed by atoms with E-state index in [0.29, 0.717) is 0 Å². The lowest BCUT2D eigenvalue weighted by Crippen LogP contribution is -2.52. The predicted octanol–water partition coefficient (Wildman–Crippen LogP) is 3.36. The van der Waals surface area contributed by atoms with Crippen molar-refractivity contribution in [2.45, 2.75) is 17.0 Å². The van der Waals surface area contributed by atoms with Crippen LogP contribution in [0.4, 0.5) is 0 Å². The van der Waals surface area contributed by atoms with Gasteiger partial charge in [0.25, 0.3) is 0 Å². The highest BCUT2D eigenvalue weighted by atomic mass is 35.5. The summed E-state index contributed by atoms with van der Waals surface area (Å²) in [7, 11) is 0. The number of benzene rings is 2. The fourth-order valence-electron chi connectivity index (χ4n) is 3.00. The summed E-state index contributed by atoms with van der Waals surface area (Å²) in [6, 6.07) is 12.0. The van der Waals surface area contributed by atoms with E-state index < -0.39 is 32.0 Å². The van der Waals surface area contributed by atoms with Crippen LogP contribution < -0.4 is 4.74 Å². The number of hydrogen-bond acceptors (Lipinski definition) is 6. The molecule has 136 valence electrons. The van der Waals surface area contributed by atoms with Gasteiger partial charge in [0.2, 0.25) is 6.10 Å². The molecule has 0 saturated carbocycles. The Balaban J connectivity index is 2.33. The zero-order valence-corrected chi connectivity index (χ0v) is 14.5. The minimum Gasteiger partial charge on any atom is -0.508 e. The van der Waals surface area contributed by atoms with Crippen LogP contribution >= 0.6 is 23.2 Å². The van der Waals surface area contributed by atoms with Crippen molar-refractivity contribution < 1.29 is 24.9 Å². The van der Waals surface area contributed by atoms with Gasteiger partial charge in [-0.15, -0.1) is 0 Å². The second-order valence-electron chi connectivity index (χ2n) is 5.61. The number of para-hydroxylation sites is 2. The topological polar surface area (TPSA) is 119 Å². The number of nitro groups is 1. The third-order valence-electron chi connectivity index (χ3n) is 4.17. The number of aromatic hydroxyl groups is 1. The number of alkyl halides is 1. The van der Waals surface area contributed by atoms with Crippen molar-refractivity contribution in [3.63, 3.8) is 0 Å². The van der Waals surface area contributed by atoms with E-state index in [0.717, 1.165) is 0 Å². The number of phenolic OH excluding ortho intramolecular Hbond substituents is 1. The maximum atomic E-state index is 12.0. The molecule has 0 bridgehead atoms. The van der Waals surface area contributed by atoms with Crippen molar-refractivity contribution in [2.75, 3.05) is 0 Å². The Labute approximate surface area is 157 Å². The van der Waals surface area contributed by atoms with Crippen LogP contribution in [0.25, 0.3) is 0 Å². The molecule has 0 fully saturated rings. The molecule has 1 aliphatic rings. The average molecular weight is 399 g/mol. The van der Waals surface area contributed by atoms with Crippen LogP contribution in [0, 0.1) is 15.3 Å². The van der Waals surface area contributed by atoms with Crippen molar-refractivity contribution in [2.24, 2.45) is 0 Å². The Morgan fingerprint density at radius 3 is 2.27 bits per heavy atom. The third-order valence-corrected chi connectivity index (χ3v) is 5.08. The maximum absolute atomic E-state index is 12.0. The molecule has 26 heavy (non-hydrogen) atoms. The summed E-state index contributed by atoms with van der Waals surface area (Å²) < 4.78 is 5.73. The fourth-order valence-corrected chi connectivity index (χ4v) is 3.73. The molecule has 2 aromatic rings. The number of hydrogen-bond donors (Lipinski definition) is 2. The summed E-state index contributed by atoms with van der Waals surface area (Å²) >= 11 is 12.3. The average Bonchev–Trinajstić information content (AvgIpc) is 2.61. The fraction of sp³-hybridized carbons (Fsp3) is 0.188. The Hall–Kier alpha value is -2.71. The minimum absolute atomic E-state index is 0.0403. The lowest BCUT2D eigenvalue weighted by atomic mass is 9.82. The van der Waals surface area contributed by atoms with Gasteiger partial charge in [0.1, 0.15) is 11.5 Å². The van der Waals surface area contributed by atoms with Gasteiger partial charge in [0.15, 0.2) is 5.92 Å². The van der Waals surface area contributed by atoms with Crippen molar-refractivity contribution in [3.05, 3.63) is 75.0 Å². The second kappa shape index (κ2) is 6.54. The zero-order valence-electron chi connectivity index (χ0n) is 13.0. The summed E-state index contributed by atoms with van der Waals surface area (Å²) in [6.45, 7) is 0. The highest BCUT2D eigenvalue weighted by Crippen LogP contribution is 2.54. The number of nitrogens with zero attached hydrogens (tertiary/aromatic N) is 2. The predicted molar refractivity (Wildman–Crippen MR) is 92.5 cm³/mol. The minimum atomic E-state index is -2.50. The van der Waals surface area contributed by atoms with Gasteiger partial charge in [-0.25, -0.2) is 0 Å². The summed E-state index contributed by atoms with van der Waals surface area (Å²) in [5.74, 6) is -1.62. The van der Waals surface area contributed by atoms with E-state index in [2.05, 4.69) is 0 Å².